The quantitative estimate of drug-likeness (QED) is 0.850. The van der Waals surface area contributed by atoms with Gasteiger partial charge in [0.1, 0.15) is 5.82 Å². The van der Waals surface area contributed by atoms with E-state index in [2.05, 4.69) is 9.97 Å². The van der Waals surface area contributed by atoms with Gasteiger partial charge in [-0.1, -0.05) is 23.2 Å². The van der Waals surface area contributed by atoms with Crippen LogP contribution in [-0.4, -0.2) is 9.97 Å². The van der Waals surface area contributed by atoms with Crippen molar-refractivity contribution in [3.8, 4) is 11.3 Å². The van der Waals surface area contributed by atoms with Gasteiger partial charge in [-0.3, -0.25) is 0 Å². The van der Waals surface area contributed by atoms with E-state index in [0.29, 0.717) is 16.6 Å². The summed E-state index contributed by atoms with van der Waals surface area (Å²) in [6.45, 7) is 0.380. The molecule has 78 valence electrons. The van der Waals surface area contributed by atoms with Crippen LogP contribution >= 0.6 is 23.2 Å². The van der Waals surface area contributed by atoms with Crippen molar-refractivity contribution in [2.75, 3.05) is 0 Å². The molecular weight excluding hydrogens is 233 g/mol. The Bertz CT molecular complexity index is 479. The highest BCUT2D eigenvalue weighted by atomic mass is 35.5. The number of nitrogens with two attached hydrogens (primary N) is 1. The standard InChI is InChI=1S/C10H9Cl2N3/c11-6-1-2-7(8(12)3-6)9-5-14-10(4-13)15-9/h1-3,5H,4,13H2,(H,14,15). The molecule has 1 aromatic heterocycles. The molecule has 5 heteroatoms. The smallest absolute Gasteiger partial charge is 0.120 e. The third-order valence-corrected chi connectivity index (χ3v) is 2.59. The summed E-state index contributed by atoms with van der Waals surface area (Å²) < 4.78 is 0. The van der Waals surface area contributed by atoms with Crippen LogP contribution in [0.4, 0.5) is 0 Å². The molecule has 0 saturated carbocycles. The van der Waals surface area contributed by atoms with Crippen LogP contribution in [0.15, 0.2) is 24.4 Å². The molecule has 0 aliphatic heterocycles. The van der Waals surface area contributed by atoms with Gasteiger partial charge >= 0.3 is 0 Å². The highest BCUT2D eigenvalue weighted by Gasteiger charge is 2.06. The zero-order chi connectivity index (χ0) is 10.8. The van der Waals surface area contributed by atoms with Crippen LogP contribution in [0.3, 0.4) is 0 Å². The molecule has 0 bridgehead atoms. The van der Waals surface area contributed by atoms with Crippen LogP contribution in [0.1, 0.15) is 5.82 Å². The lowest BCUT2D eigenvalue weighted by Crippen LogP contribution is -1.97. The van der Waals surface area contributed by atoms with Crippen LogP contribution in [0.5, 0.6) is 0 Å². The molecule has 2 rings (SSSR count). The normalized spacial score (nSPS) is 10.6. The second kappa shape index (κ2) is 4.23. The summed E-state index contributed by atoms with van der Waals surface area (Å²) in [4.78, 5) is 7.18. The Balaban J connectivity index is 2.44. The molecule has 0 unspecified atom stereocenters. The molecule has 15 heavy (non-hydrogen) atoms. The summed E-state index contributed by atoms with van der Waals surface area (Å²) in [6, 6.07) is 5.33. The van der Waals surface area contributed by atoms with Crippen molar-refractivity contribution >= 4 is 23.2 Å². The summed E-state index contributed by atoms with van der Waals surface area (Å²) in [5.41, 5.74) is 7.17. The largest absolute Gasteiger partial charge is 0.341 e. The van der Waals surface area contributed by atoms with E-state index in [1.807, 2.05) is 6.07 Å². The molecule has 3 N–H and O–H groups in total. The average molecular weight is 242 g/mol. The molecule has 0 aliphatic rings. The minimum Gasteiger partial charge on any atom is -0.341 e. The Labute approximate surface area is 97.2 Å². The summed E-state index contributed by atoms with van der Waals surface area (Å²) in [5.74, 6) is 0.732. The maximum Gasteiger partial charge on any atom is 0.120 e. The summed E-state index contributed by atoms with van der Waals surface area (Å²) in [5, 5.41) is 1.21. The molecule has 0 saturated heterocycles. The predicted molar refractivity (Wildman–Crippen MR) is 61.9 cm³/mol. The van der Waals surface area contributed by atoms with Gasteiger partial charge in [0.2, 0.25) is 0 Å². The highest BCUT2D eigenvalue weighted by molar-refractivity contribution is 6.36. The van der Waals surface area contributed by atoms with Crippen molar-refractivity contribution in [1.29, 1.82) is 0 Å². The van der Waals surface area contributed by atoms with E-state index in [1.54, 1.807) is 18.3 Å². The molecular formula is C10H9Cl2N3. The number of halogens is 2. The summed E-state index contributed by atoms with van der Waals surface area (Å²) in [6.07, 6.45) is 1.71. The van der Waals surface area contributed by atoms with E-state index in [4.69, 9.17) is 28.9 Å². The fourth-order valence-electron chi connectivity index (χ4n) is 1.31. The first kappa shape index (κ1) is 10.5. The number of H-pyrrole nitrogens is 1. The minimum atomic E-state index is 0.380. The van der Waals surface area contributed by atoms with Crippen molar-refractivity contribution in [3.63, 3.8) is 0 Å². The topological polar surface area (TPSA) is 54.7 Å². The first-order chi connectivity index (χ1) is 7.20. The van der Waals surface area contributed by atoms with Crippen LogP contribution in [0, 0.1) is 0 Å². The number of hydrogen-bond acceptors (Lipinski definition) is 2. The minimum absolute atomic E-state index is 0.380. The maximum atomic E-state index is 6.05. The van der Waals surface area contributed by atoms with Gasteiger partial charge in [-0.05, 0) is 18.2 Å². The van der Waals surface area contributed by atoms with Crippen LogP contribution in [0.2, 0.25) is 10.0 Å². The van der Waals surface area contributed by atoms with E-state index in [1.165, 1.54) is 0 Å². The van der Waals surface area contributed by atoms with Gasteiger partial charge < -0.3 is 10.7 Å². The lowest BCUT2D eigenvalue weighted by atomic mass is 10.2. The molecule has 0 radical (unpaired) electrons. The Kier molecular flexibility index (Phi) is 2.95. The molecule has 0 aliphatic carbocycles. The first-order valence-corrected chi connectivity index (χ1v) is 5.15. The predicted octanol–water partition coefficient (Wildman–Crippen LogP) is 2.84. The molecule has 1 heterocycles. The Morgan fingerprint density at radius 2 is 2.13 bits per heavy atom. The maximum absolute atomic E-state index is 6.05. The fourth-order valence-corrected chi connectivity index (χ4v) is 1.82. The van der Waals surface area contributed by atoms with Crippen molar-refractivity contribution in [3.05, 3.63) is 40.3 Å². The monoisotopic (exact) mass is 241 g/mol. The van der Waals surface area contributed by atoms with E-state index >= 15 is 0 Å². The first-order valence-electron chi connectivity index (χ1n) is 4.40. The SMILES string of the molecule is NCc1ncc(-c2ccc(Cl)cc2Cl)[nH]1. The summed E-state index contributed by atoms with van der Waals surface area (Å²) >= 11 is 11.9. The number of benzene rings is 1. The molecule has 0 atom stereocenters. The van der Waals surface area contributed by atoms with Gasteiger partial charge in [0.25, 0.3) is 0 Å². The lowest BCUT2D eigenvalue weighted by Gasteiger charge is -2.01. The van der Waals surface area contributed by atoms with Gasteiger partial charge in [0.15, 0.2) is 0 Å². The van der Waals surface area contributed by atoms with Crippen molar-refractivity contribution in [2.45, 2.75) is 6.54 Å². The van der Waals surface area contributed by atoms with E-state index in [9.17, 15) is 0 Å². The van der Waals surface area contributed by atoms with Gasteiger partial charge in [0.05, 0.1) is 23.5 Å². The van der Waals surface area contributed by atoms with Crippen LogP contribution < -0.4 is 5.73 Å². The van der Waals surface area contributed by atoms with Crippen molar-refractivity contribution < 1.29 is 0 Å². The van der Waals surface area contributed by atoms with Crippen molar-refractivity contribution in [2.24, 2.45) is 5.73 Å². The number of aromatic amines is 1. The zero-order valence-corrected chi connectivity index (χ0v) is 9.31. The van der Waals surface area contributed by atoms with Gasteiger partial charge in [-0.15, -0.1) is 0 Å². The summed E-state index contributed by atoms with van der Waals surface area (Å²) in [7, 11) is 0. The number of aromatic nitrogens is 2. The van der Waals surface area contributed by atoms with Crippen LogP contribution in [-0.2, 0) is 6.54 Å². The van der Waals surface area contributed by atoms with E-state index in [-0.39, 0.29) is 0 Å². The number of rotatable bonds is 2. The highest BCUT2D eigenvalue weighted by Crippen LogP contribution is 2.28. The average Bonchev–Trinajstić information content (AvgIpc) is 2.66. The Hall–Kier alpha value is -1.03. The molecule has 1 aromatic carbocycles. The number of imidazole rings is 1. The lowest BCUT2D eigenvalue weighted by molar-refractivity contribution is 0.950. The van der Waals surface area contributed by atoms with E-state index < -0.39 is 0 Å². The number of nitrogens with one attached hydrogen (secondary N) is 1. The molecule has 0 amide bonds. The van der Waals surface area contributed by atoms with Gasteiger partial charge in [-0.25, -0.2) is 4.98 Å². The third kappa shape index (κ3) is 2.15. The second-order valence-corrected chi connectivity index (χ2v) is 3.92. The third-order valence-electron chi connectivity index (χ3n) is 2.04. The van der Waals surface area contributed by atoms with Crippen LogP contribution in [0.25, 0.3) is 11.3 Å². The molecule has 0 fully saturated rings. The number of hydrogen-bond donors (Lipinski definition) is 2. The zero-order valence-electron chi connectivity index (χ0n) is 7.80. The number of nitrogens with zero attached hydrogens (tertiary/aromatic N) is 1. The molecule has 0 spiro atoms. The Morgan fingerprint density at radius 3 is 2.73 bits per heavy atom. The molecule has 3 nitrogen and oxygen atoms in total. The van der Waals surface area contributed by atoms with Gasteiger partial charge in [-0.2, -0.15) is 0 Å². The fraction of sp³-hybridized carbons (Fsp3) is 0.100. The Morgan fingerprint density at radius 1 is 1.33 bits per heavy atom. The van der Waals surface area contributed by atoms with Crippen molar-refractivity contribution in [1.82, 2.24) is 9.97 Å². The molecule has 2 aromatic rings. The van der Waals surface area contributed by atoms with Gasteiger partial charge in [0, 0.05) is 10.6 Å². The second-order valence-electron chi connectivity index (χ2n) is 3.07. The van der Waals surface area contributed by atoms with E-state index in [0.717, 1.165) is 17.1 Å².